The minimum absolute atomic E-state index is 0.241. The molecule has 0 saturated heterocycles. The lowest BCUT2D eigenvalue weighted by Gasteiger charge is -2.42. The van der Waals surface area contributed by atoms with Crippen LogP contribution in [0.3, 0.4) is 0 Å². The van der Waals surface area contributed by atoms with Crippen LogP contribution in [0.25, 0.3) is 21.8 Å². The monoisotopic (exact) mass is 1100 g/mol. The summed E-state index contributed by atoms with van der Waals surface area (Å²) in [6, 6.07) is 68.0. The van der Waals surface area contributed by atoms with E-state index in [1.54, 1.807) is 23.9 Å². The van der Waals surface area contributed by atoms with Crippen molar-refractivity contribution in [1.29, 1.82) is 0 Å². The number of hydrogen-bond donors (Lipinski definition) is 2. The molecule has 11 nitrogen and oxygen atoms in total. The minimum atomic E-state index is -0.301. The molecule has 10 aromatic carbocycles. The molecule has 6 aliphatic heterocycles. The maximum Gasteiger partial charge on any atom is 0.280 e. The number of aromatic amines is 2. The summed E-state index contributed by atoms with van der Waals surface area (Å²) in [7, 11) is 0. The molecule has 16 heteroatoms. The first-order valence-electron chi connectivity index (χ1n) is 27.2. The lowest BCUT2D eigenvalue weighted by Crippen LogP contribution is -2.64. The van der Waals surface area contributed by atoms with Crippen LogP contribution in [0.1, 0.15) is 0 Å². The van der Waals surface area contributed by atoms with E-state index in [4.69, 9.17) is 33.2 Å². The molecule has 2 aromatic heterocycles. The number of ether oxygens (including phenoxy) is 7. The second-order valence-electron chi connectivity index (χ2n) is 21.2. The zero-order valence-corrected chi connectivity index (χ0v) is 45.5. The van der Waals surface area contributed by atoms with Gasteiger partial charge in [0.2, 0.25) is 0 Å². The van der Waals surface area contributed by atoms with Crippen molar-refractivity contribution in [3.05, 3.63) is 200 Å². The minimum Gasteiger partial charge on any atom is -0.458 e. The second-order valence-corrected chi connectivity index (χ2v) is 22.6. The molecular weight excluding hydrogens is 1060 g/mol. The van der Waals surface area contributed by atoms with E-state index in [1.165, 1.54) is 0 Å². The Hall–Kier alpha value is -9.63. The molecule has 0 bridgehead atoms. The highest BCUT2D eigenvalue weighted by atomic mass is 32.2. The average molecular weight is 1100 g/mol. The molecule has 6 aliphatic rings. The molecule has 2 N–H and O–H groups in total. The fourth-order valence-electron chi connectivity index (χ4n) is 13.4. The number of nitrogens with one attached hydrogen (secondary N) is 2. The SMILES string of the molecule is CSN1c2cc3c(cc2B2c4cc5c(cc4Oc4cc(Oc6ccccc6)cc1c42)N(SC)c1cc(Oc2ccccc2)cc2c1B5c1[nH]c4ccccc4c1O2)B1c2[nH]c4ccccc4c2Oc2cc(Oc4ccccc4)cc(c21)O3. The highest BCUT2D eigenvalue weighted by Gasteiger charge is 2.50. The molecule has 8 heterocycles. The predicted octanol–water partition coefficient (Wildman–Crippen LogP) is 11.5. The van der Waals surface area contributed by atoms with Crippen molar-refractivity contribution >= 4 is 138 Å². The number of hydrogen-bond acceptors (Lipinski definition) is 11. The van der Waals surface area contributed by atoms with Gasteiger partial charge in [0.25, 0.3) is 20.1 Å². The van der Waals surface area contributed by atoms with E-state index >= 15 is 0 Å². The number of fused-ring (bicyclic) bond motifs is 16. The van der Waals surface area contributed by atoms with Gasteiger partial charge in [0.15, 0.2) is 0 Å². The average Bonchev–Trinajstić information content (AvgIpc) is 3.77. The normalized spacial score (nSPS) is 13.9. The number of H-pyrrole nitrogens is 2. The summed E-state index contributed by atoms with van der Waals surface area (Å²) in [5.74, 6) is 10.1. The summed E-state index contributed by atoms with van der Waals surface area (Å²) in [6.07, 6.45) is 4.23. The number of anilines is 4. The van der Waals surface area contributed by atoms with Gasteiger partial charge in [0, 0.05) is 99.5 Å². The van der Waals surface area contributed by atoms with Gasteiger partial charge in [-0.2, -0.15) is 0 Å². The van der Waals surface area contributed by atoms with Crippen molar-refractivity contribution < 1.29 is 33.2 Å². The van der Waals surface area contributed by atoms with Gasteiger partial charge in [-0.05, 0) is 117 Å². The zero-order valence-electron chi connectivity index (χ0n) is 43.9. The van der Waals surface area contributed by atoms with Gasteiger partial charge < -0.3 is 43.1 Å². The van der Waals surface area contributed by atoms with E-state index in [0.29, 0.717) is 34.5 Å². The highest BCUT2D eigenvalue weighted by molar-refractivity contribution is 8.00. The molecule has 0 saturated carbocycles. The Bertz CT molecular complexity index is 4720. The number of nitrogens with zero attached hydrogens (tertiary/aromatic N) is 2. The van der Waals surface area contributed by atoms with E-state index in [9.17, 15) is 0 Å². The van der Waals surface area contributed by atoms with Crippen molar-refractivity contribution in [2.45, 2.75) is 0 Å². The predicted molar refractivity (Wildman–Crippen MR) is 334 cm³/mol. The molecular formula is C66H41B3N4O7S2. The van der Waals surface area contributed by atoms with Gasteiger partial charge >= 0.3 is 0 Å². The molecule has 82 heavy (non-hydrogen) atoms. The Morgan fingerprint density at radius 3 is 1.21 bits per heavy atom. The van der Waals surface area contributed by atoms with Crippen LogP contribution in [0, 0.1) is 0 Å². The number of para-hydroxylation sites is 5. The van der Waals surface area contributed by atoms with Gasteiger partial charge in [-0.25, -0.2) is 0 Å². The number of aromatic nitrogens is 2. The third-order valence-electron chi connectivity index (χ3n) is 16.7. The molecule has 0 unspecified atom stereocenters. The van der Waals surface area contributed by atoms with Gasteiger partial charge in [0.1, 0.15) is 80.5 Å². The van der Waals surface area contributed by atoms with Crippen LogP contribution in [-0.4, -0.2) is 42.6 Å². The number of benzene rings is 10. The maximum atomic E-state index is 7.38. The van der Waals surface area contributed by atoms with Crippen LogP contribution in [0.5, 0.6) is 80.5 Å². The highest BCUT2D eigenvalue weighted by Crippen LogP contribution is 2.49. The second kappa shape index (κ2) is 17.4. The lowest BCUT2D eigenvalue weighted by atomic mass is 9.30. The van der Waals surface area contributed by atoms with E-state index in [0.717, 1.165) is 140 Å². The van der Waals surface area contributed by atoms with Gasteiger partial charge in [0.05, 0.1) is 22.7 Å². The zero-order chi connectivity index (χ0) is 53.9. The molecule has 388 valence electrons. The van der Waals surface area contributed by atoms with Crippen LogP contribution in [0.2, 0.25) is 0 Å². The fraction of sp³-hybridized carbons (Fsp3) is 0.0303. The van der Waals surface area contributed by atoms with Gasteiger partial charge in [-0.3, -0.25) is 8.61 Å². The summed E-state index contributed by atoms with van der Waals surface area (Å²) in [6.45, 7) is -0.822. The standard InChI is InChI=1S/C66H41B3N4O7S2/c1-81-72-50-34-55-47(69-62-58(78-55)30-41(76-38-20-10-5-11-21-38)31-59(62)80-64-43-23-13-15-25-49(43)71-66(64)69)32-44(50)67-46-33-45-51(35-54(46)77-56-28-39(26-52(72)60(56)67)74-36-16-6-3-7-17-36)73(82-2)53-27-40(75-37-18-8-4-9-19-37)29-57-61(53)68(45)65-63(79-57)42-22-12-14-24-48(42)70-65/h3-35,70-71H,1-2H3. The Morgan fingerprint density at radius 1 is 0.341 bits per heavy atom. The van der Waals surface area contributed by atoms with Crippen molar-refractivity contribution in [2.24, 2.45) is 0 Å². The largest absolute Gasteiger partial charge is 0.458 e. The topological polar surface area (TPSA) is 103 Å². The number of rotatable bonds is 8. The molecule has 0 aliphatic carbocycles. The van der Waals surface area contributed by atoms with Crippen LogP contribution in [0.4, 0.5) is 22.7 Å². The summed E-state index contributed by atoms with van der Waals surface area (Å²) >= 11 is 3.27. The van der Waals surface area contributed by atoms with Crippen LogP contribution in [-0.2, 0) is 0 Å². The van der Waals surface area contributed by atoms with Gasteiger partial charge in [-0.1, -0.05) is 91.0 Å². The fourth-order valence-corrected chi connectivity index (χ4v) is 14.8. The third-order valence-corrected chi connectivity index (χ3v) is 18.2. The molecule has 18 rings (SSSR count). The van der Waals surface area contributed by atoms with E-state index in [1.807, 2.05) is 109 Å². The lowest BCUT2D eigenvalue weighted by molar-refractivity contribution is 0.444. The smallest absolute Gasteiger partial charge is 0.280 e. The molecule has 0 atom stereocenters. The maximum absolute atomic E-state index is 7.38. The quantitative estimate of drug-likeness (QED) is 0.112. The summed E-state index contributed by atoms with van der Waals surface area (Å²) in [5.41, 5.74) is 15.3. The molecule has 12 aromatic rings. The van der Waals surface area contributed by atoms with E-state index in [2.05, 4.69) is 122 Å². The Kier molecular flexibility index (Phi) is 9.82. The molecule has 0 radical (unpaired) electrons. The first kappa shape index (κ1) is 46.2. The van der Waals surface area contributed by atoms with Crippen molar-refractivity contribution in [3.8, 4) is 80.5 Å². The van der Waals surface area contributed by atoms with E-state index in [-0.39, 0.29) is 20.1 Å². The Labute approximate surface area is 480 Å². The first-order valence-corrected chi connectivity index (χ1v) is 29.6. The Morgan fingerprint density at radius 2 is 0.720 bits per heavy atom. The first-order chi connectivity index (χ1) is 40.5. The van der Waals surface area contributed by atoms with Gasteiger partial charge in [-0.15, -0.1) is 0 Å². The third kappa shape index (κ3) is 6.73. The van der Waals surface area contributed by atoms with E-state index < -0.39 is 0 Å². The summed E-state index contributed by atoms with van der Waals surface area (Å²) in [5, 5.41) is 2.02. The Balaban J connectivity index is 0.868. The van der Waals surface area contributed by atoms with Crippen LogP contribution < -0.4 is 91.2 Å². The van der Waals surface area contributed by atoms with Crippen LogP contribution >= 0.6 is 23.9 Å². The molecule has 0 fully saturated rings. The molecule has 0 spiro atoms. The van der Waals surface area contributed by atoms with Crippen molar-refractivity contribution in [3.63, 3.8) is 0 Å². The molecule has 0 amide bonds. The van der Waals surface area contributed by atoms with Crippen molar-refractivity contribution in [2.75, 3.05) is 21.1 Å². The summed E-state index contributed by atoms with van der Waals surface area (Å²) < 4.78 is 53.1. The summed E-state index contributed by atoms with van der Waals surface area (Å²) in [4.78, 5) is 7.71. The van der Waals surface area contributed by atoms with Crippen LogP contribution in [0.15, 0.2) is 200 Å². The van der Waals surface area contributed by atoms with Crippen molar-refractivity contribution in [1.82, 2.24) is 9.97 Å².